The maximum Gasteiger partial charge on any atom is 0.387 e. The molecule has 0 aliphatic heterocycles. The van der Waals surface area contributed by atoms with Crippen molar-refractivity contribution in [3.8, 4) is 5.75 Å². The summed E-state index contributed by atoms with van der Waals surface area (Å²) in [6.45, 7) is -3.25. The third-order valence-corrected chi connectivity index (χ3v) is 1.83. The van der Waals surface area contributed by atoms with Gasteiger partial charge < -0.3 is 4.74 Å². The molecule has 0 unspecified atom stereocenters. The van der Waals surface area contributed by atoms with Crippen molar-refractivity contribution in [2.45, 2.75) is 6.61 Å². The Morgan fingerprint density at radius 3 is 2.35 bits per heavy atom. The Morgan fingerprint density at radius 1 is 1.29 bits per heavy atom. The molecule has 0 atom stereocenters. The second kappa shape index (κ2) is 5.10. The summed E-state index contributed by atoms with van der Waals surface area (Å²) in [6, 6.07) is 1.46. The predicted molar refractivity (Wildman–Crippen MR) is 50.5 cm³/mol. The number of nitro groups is 1. The molecule has 0 aromatic heterocycles. The van der Waals surface area contributed by atoms with E-state index in [-0.39, 0.29) is 18.1 Å². The molecule has 0 radical (unpaired) electrons. The number of rotatable bonds is 5. The van der Waals surface area contributed by atoms with E-state index < -0.39 is 28.5 Å². The van der Waals surface area contributed by atoms with Crippen molar-refractivity contribution in [3.05, 3.63) is 33.4 Å². The van der Waals surface area contributed by atoms with Gasteiger partial charge >= 0.3 is 6.61 Å². The summed E-state index contributed by atoms with van der Waals surface area (Å²) >= 11 is 0. The molecule has 1 aromatic rings. The lowest BCUT2D eigenvalue weighted by molar-refractivity contribution is -0.385. The highest BCUT2D eigenvalue weighted by molar-refractivity contribution is 5.94. The zero-order valence-corrected chi connectivity index (χ0v) is 8.13. The van der Waals surface area contributed by atoms with E-state index in [1.807, 2.05) is 0 Å². The van der Waals surface area contributed by atoms with Gasteiger partial charge in [-0.3, -0.25) is 19.7 Å². The SMILES string of the molecule is O=Cc1cc([N+](=O)[O-])cc(OC(F)F)c1C=O. The minimum atomic E-state index is -3.25. The van der Waals surface area contributed by atoms with Crippen molar-refractivity contribution in [1.82, 2.24) is 0 Å². The molecule has 0 amide bonds. The Hall–Kier alpha value is -2.38. The topological polar surface area (TPSA) is 86.5 Å². The summed E-state index contributed by atoms with van der Waals surface area (Å²) < 4.78 is 28.0. The van der Waals surface area contributed by atoms with Gasteiger partial charge in [-0.2, -0.15) is 8.78 Å². The van der Waals surface area contributed by atoms with Crippen LogP contribution in [-0.2, 0) is 0 Å². The van der Waals surface area contributed by atoms with Gasteiger partial charge in [-0.25, -0.2) is 0 Å². The van der Waals surface area contributed by atoms with Gasteiger partial charge in [-0.15, -0.1) is 0 Å². The molecule has 0 saturated carbocycles. The minimum absolute atomic E-state index is 0.116. The van der Waals surface area contributed by atoms with Crippen molar-refractivity contribution in [2.75, 3.05) is 0 Å². The number of hydrogen-bond acceptors (Lipinski definition) is 5. The average molecular weight is 245 g/mol. The largest absolute Gasteiger partial charge is 0.434 e. The Morgan fingerprint density at radius 2 is 1.94 bits per heavy atom. The van der Waals surface area contributed by atoms with E-state index >= 15 is 0 Å². The van der Waals surface area contributed by atoms with E-state index in [1.54, 1.807) is 0 Å². The smallest absolute Gasteiger partial charge is 0.387 e. The van der Waals surface area contributed by atoms with Crippen molar-refractivity contribution in [3.63, 3.8) is 0 Å². The molecular weight excluding hydrogens is 240 g/mol. The molecule has 0 bridgehead atoms. The van der Waals surface area contributed by atoms with Gasteiger partial charge in [0.05, 0.1) is 16.6 Å². The number of nitrogens with zero attached hydrogens (tertiary/aromatic N) is 1. The molecule has 1 rings (SSSR count). The van der Waals surface area contributed by atoms with E-state index in [0.717, 1.165) is 6.07 Å². The number of aldehydes is 2. The zero-order valence-electron chi connectivity index (χ0n) is 8.13. The number of carbonyl (C=O) groups is 2. The van der Waals surface area contributed by atoms with Crippen molar-refractivity contribution >= 4 is 18.3 Å². The molecule has 1 aromatic carbocycles. The van der Waals surface area contributed by atoms with Crippen molar-refractivity contribution < 1.29 is 28.0 Å². The van der Waals surface area contributed by atoms with Crippen LogP contribution in [0.15, 0.2) is 12.1 Å². The van der Waals surface area contributed by atoms with Crippen molar-refractivity contribution in [2.24, 2.45) is 0 Å². The number of ether oxygens (including phenoxy) is 1. The van der Waals surface area contributed by atoms with Crippen LogP contribution in [-0.4, -0.2) is 24.1 Å². The maximum atomic E-state index is 12.0. The van der Waals surface area contributed by atoms with Crippen LogP contribution in [0.4, 0.5) is 14.5 Å². The number of nitro benzene ring substituents is 1. The summed E-state index contributed by atoms with van der Waals surface area (Å²) in [7, 11) is 0. The Labute approximate surface area is 92.9 Å². The molecule has 8 heteroatoms. The van der Waals surface area contributed by atoms with Crippen LogP contribution in [0.5, 0.6) is 5.75 Å². The van der Waals surface area contributed by atoms with Crippen LogP contribution < -0.4 is 4.74 Å². The molecule has 0 spiro atoms. The maximum absolute atomic E-state index is 12.0. The van der Waals surface area contributed by atoms with Crippen LogP contribution in [0, 0.1) is 10.1 Å². The fourth-order valence-electron chi connectivity index (χ4n) is 1.16. The van der Waals surface area contributed by atoms with Crippen molar-refractivity contribution in [1.29, 1.82) is 0 Å². The molecule has 0 aliphatic rings. The van der Waals surface area contributed by atoms with Gasteiger partial charge in [0.2, 0.25) is 0 Å². The Balaban J connectivity index is 3.41. The van der Waals surface area contributed by atoms with E-state index in [9.17, 15) is 28.5 Å². The number of non-ortho nitro benzene ring substituents is 1. The summed E-state index contributed by atoms with van der Waals surface area (Å²) in [4.78, 5) is 30.8. The first-order valence-electron chi connectivity index (χ1n) is 4.17. The standard InChI is InChI=1S/C9H5F2NO5/c10-9(11)17-8-2-6(12(15)16)1-5(3-13)7(8)4-14/h1-4,9H. The fraction of sp³-hybridized carbons (Fsp3) is 0.111. The van der Waals surface area contributed by atoms with Crippen LogP contribution in [0.3, 0.4) is 0 Å². The molecule has 0 aliphatic carbocycles. The molecule has 17 heavy (non-hydrogen) atoms. The number of carbonyl (C=O) groups excluding carboxylic acids is 2. The van der Waals surface area contributed by atoms with E-state index in [2.05, 4.69) is 4.74 Å². The molecule has 90 valence electrons. The Bertz CT molecular complexity index is 475. The summed E-state index contributed by atoms with van der Waals surface area (Å²) in [6.07, 6.45) is 0.264. The second-order valence-corrected chi connectivity index (χ2v) is 2.82. The van der Waals surface area contributed by atoms with Crippen LogP contribution in [0.2, 0.25) is 0 Å². The normalized spacial score (nSPS) is 10.1. The van der Waals surface area contributed by atoms with E-state index in [4.69, 9.17) is 0 Å². The number of hydrogen-bond donors (Lipinski definition) is 0. The molecular formula is C9H5F2NO5. The van der Waals surface area contributed by atoms with Gasteiger partial charge in [0, 0.05) is 11.6 Å². The highest BCUT2D eigenvalue weighted by Gasteiger charge is 2.19. The Kier molecular flexibility index (Phi) is 3.81. The predicted octanol–water partition coefficient (Wildman–Crippen LogP) is 1.82. The van der Waals surface area contributed by atoms with Crippen LogP contribution in [0.25, 0.3) is 0 Å². The first-order valence-corrected chi connectivity index (χ1v) is 4.17. The highest BCUT2D eigenvalue weighted by Crippen LogP contribution is 2.28. The molecule has 0 saturated heterocycles. The number of alkyl halides is 2. The van der Waals surface area contributed by atoms with Gasteiger partial charge in [-0.05, 0) is 0 Å². The lowest BCUT2D eigenvalue weighted by Crippen LogP contribution is -2.07. The summed E-state index contributed by atoms with van der Waals surface area (Å²) in [5.41, 5.74) is -1.45. The molecule has 0 fully saturated rings. The molecule has 6 nitrogen and oxygen atoms in total. The number of benzene rings is 1. The van der Waals surface area contributed by atoms with Crippen LogP contribution >= 0.6 is 0 Å². The second-order valence-electron chi connectivity index (χ2n) is 2.82. The van der Waals surface area contributed by atoms with E-state index in [1.165, 1.54) is 0 Å². The van der Waals surface area contributed by atoms with Gasteiger partial charge in [0.15, 0.2) is 12.6 Å². The van der Waals surface area contributed by atoms with Gasteiger partial charge in [0.1, 0.15) is 5.75 Å². The lowest BCUT2D eigenvalue weighted by Gasteiger charge is -2.08. The first kappa shape index (κ1) is 12.7. The monoisotopic (exact) mass is 245 g/mol. The molecule has 0 N–H and O–H groups in total. The third kappa shape index (κ3) is 2.80. The first-order chi connectivity index (χ1) is 7.99. The highest BCUT2D eigenvalue weighted by atomic mass is 19.3. The van der Waals surface area contributed by atoms with E-state index in [0.29, 0.717) is 6.07 Å². The number of halogens is 2. The lowest BCUT2D eigenvalue weighted by atomic mass is 10.1. The quantitative estimate of drug-likeness (QED) is 0.448. The third-order valence-electron chi connectivity index (χ3n) is 1.83. The minimum Gasteiger partial charge on any atom is -0.434 e. The van der Waals surface area contributed by atoms with Gasteiger partial charge in [-0.1, -0.05) is 0 Å². The summed E-state index contributed by atoms with van der Waals surface area (Å²) in [5.74, 6) is -0.702. The van der Waals surface area contributed by atoms with Gasteiger partial charge in [0.25, 0.3) is 5.69 Å². The van der Waals surface area contributed by atoms with Crippen LogP contribution in [0.1, 0.15) is 20.7 Å². The zero-order chi connectivity index (χ0) is 13.0. The fourth-order valence-corrected chi connectivity index (χ4v) is 1.16. The summed E-state index contributed by atoms with van der Waals surface area (Å²) in [5, 5.41) is 10.5. The molecule has 0 heterocycles. The average Bonchev–Trinajstić information content (AvgIpc) is 2.26.